The van der Waals surface area contributed by atoms with Gasteiger partial charge in [0, 0.05) is 6.20 Å². The molecule has 0 aliphatic carbocycles. The molecular formula is C7H6F3NO2S. The third kappa shape index (κ3) is 2.30. The summed E-state index contributed by atoms with van der Waals surface area (Å²) < 4.78 is 55.5. The van der Waals surface area contributed by atoms with Crippen molar-refractivity contribution in [3.8, 4) is 0 Å². The van der Waals surface area contributed by atoms with Crippen LogP contribution in [0.5, 0.6) is 0 Å². The van der Waals surface area contributed by atoms with E-state index in [9.17, 15) is 17.4 Å². The second-order valence-electron chi connectivity index (χ2n) is 2.58. The van der Waals surface area contributed by atoms with E-state index in [-0.39, 0.29) is 10.5 Å². The molecule has 0 amide bonds. The lowest BCUT2D eigenvalue weighted by Crippen LogP contribution is -2.09. The minimum atomic E-state index is -4.53. The topological polar surface area (TPSA) is 50.2 Å². The van der Waals surface area contributed by atoms with Crippen LogP contribution in [0.25, 0.3) is 0 Å². The first-order valence-corrected chi connectivity index (χ1v) is 4.57. The van der Waals surface area contributed by atoms with Gasteiger partial charge in [0.15, 0.2) is 11.1 Å². The average Bonchev–Trinajstić information content (AvgIpc) is 2.01. The lowest BCUT2D eigenvalue weighted by atomic mass is 10.2. The van der Waals surface area contributed by atoms with E-state index in [1.54, 1.807) is 0 Å². The molecular weight excluding hydrogens is 219 g/mol. The molecule has 0 saturated carbocycles. The van der Waals surface area contributed by atoms with Crippen LogP contribution in [0, 0.1) is 6.92 Å². The van der Waals surface area contributed by atoms with Crippen molar-refractivity contribution in [1.82, 2.24) is 4.98 Å². The Balaban J connectivity index is 3.20. The Morgan fingerprint density at radius 2 is 2.07 bits per heavy atom. The Morgan fingerprint density at radius 3 is 2.43 bits per heavy atom. The Labute approximate surface area is 80.3 Å². The van der Waals surface area contributed by atoms with E-state index in [2.05, 4.69) is 4.98 Å². The second kappa shape index (κ2) is 3.66. The highest BCUT2D eigenvalue weighted by Crippen LogP contribution is 2.28. The molecule has 0 saturated heterocycles. The monoisotopic (exact) mass is 225 g/mol. The molecule has 1 unspecified atom stereocenters. The van der Waals surface area contributed by atoms with Gasteiger partial charge in [0.1, 0.15) is 5.69 Å². The lowest BCUT2D eigenvalue weighted by Gasteiger charge is -2.07. The molecule has 1 aromatic rings. The van der Waals surface area contributed by atoms with Crippen molar-refractivity contribution < 1.29 is 21.9 Å². The van der Waals surface area contributed by atoms with E-state index in [1.165, 1.54) is 6.92 Å². The van der Waals surface area contributed by atoms with Gasteiger partial charge in [-0.2, -0.15) is 13.2 Å². The predicted molar refractivity (Wildman–Crippen MR) is 43.0 cm³/mol. The highest BCUT2D eigenvalue weighted by molar-refractivity contribution is 7.79. The van der Waals surface area contributed by atoms with Crippen LogP contribution in [-0.4, -0.2) is 13.7 Å². The number of nitrogens with zero attached hydrogens (tertiary/aromatic N) is 1. The van der Waals surface area contributed by atoms with Crippen molar-refractivity contribution in [3.63, 3.8) is 0 Å². The second-order valence-corrected chi connectivity index (χ2v) is 3.52. The summed E-state index contributed by atoms with van der Waals surface area (Å²) in [7, 11) is 0. The molecule has 0 aliphatic rings. The van der Waals surface area contributed by atoms with Gasteiger partial charge in [0.25, 0.3) is 0 Å². The summed E-state index contributed by atoms with van der Waals surface area (Å²) in [5.41, 5.74) is -0.975. The quantitative estimate of drug-likeness (QED) is 0.743. The molecule has 1 atom stereocenters. The van der Waals surface area contributed by atoms with Crippen LogP contribution in [0.3, 0.4) is 0 Å². The number of rotatable bonds is 1. The Hall–Kier alpha value is -0.950. The first kappa shape index (κ1) is 11.1. The Bertz CT molecular complexity index is 378. The number of hydrogen-bond donors (Lipinski definition) is 1. The molecule has 1 rings (SSSR count). The van der Waals surface area contributed by atoms with E-state index in [1.807, 2.05) is 0 Å². The molecule has 1 heterocycles. The minimum Gasteiger partial charge on any atom is -0.302 e. The highest BCUT2D eigenvalue weighted by atomic mass is 32.2. The lowest BCUT2D eigenvalue weighted by molar-refractivity contribution is -0.141. The predicted octanol–water partition coefficient (Wildman–Crippen LogP) is 1.99. The van der Waals surface area contributed by atoms with E-state index in [0.29, 0.717) is 0 Å². The molecule has 14 heavy (non-hydrogen) atoms. The van der Waals surface area contributed by atoms with E-state index < -0.39 is 23.0 Å². The van der Waals surface area contributed by atoms with Gasteiger partial charge in [-0.3, -0.25) is 4.98 Å². The zero-order chi connectivity index (χ0) is 10.9. The highest BCUT2D eigenvalue weighted by Gasteiger charge is 2.32. The van der Waals surface area contributed by atoms with Crippen LogP contribution >= 0.6 is 0 Å². The molecule has 1 aromatic heterocycles. The van der Waals surface area contributed by atoms with Crippen molar-refractivity contribution in [2.24, 2.45) is 0 Å². The van der Waals surface area contributed by atoms with Crippen molar-refractivity contribution in [3.05, 3.63) is 23.5 Å². The van der Waals surface area contributed by atoms with Crippen LogP contribution in [0.4, 0.5) is 13.2 Å². The summed E-state index contributed by atoms with van der Waals surface area (Å²) in [5.74, 6) is 0. The van der Waals surface area contributed by atoms with Crippen molar-refractivity contribution in [1.29, 1.82) is 0 Å². The number of aryl methyl sites for hydroxylation is 1. The standard InChI is InChI=1S/C7H6F3NO2S/c1-4-2-6(7(8,9)10)11-3-5(4)14(12)13/h2-3H,1H3,(H,12,13). The smallest absolute Gasteiger partial charge is 0.302 e. The average molecular weight is 225 g/mol. The summed E-state index contributed by atoms with van der Waals surface area (Å²) in [5, 5.41) is 0. The van der Waals surface area contributed by atoms with Crippen LogP contribution in [0.1, 0.15) is 11.3 Å². The Kier molecular flexibility index (Phi) is 2.91. The molecule has 0 aliphatic heterocycles. The third-order valence-corrected chi connectivity index (χ3v) is 2.34. The summed E-state index contributed by atoms with van der Waals surface area (Å²) in [6.45, 7) is 1.32. The van der Waals surface area contributed by atoms with Gasteiger partial charge in [-0.1, -0.05) is 0 Å². The van der Waals surface area contributed by atoms with Gasteiger partial charge in [-0.05, 0) is 18.6 Å². The van der Waals surface area contributed by atoms with Gasteiger partial charge in [-0.25, -0.2) is 4.21 Å². The molecule has 0 aromatic carbocycles. The van der Waals surface area contributed by atoms with Crippen LogP contribution in [-0.2, 0) is 17.3 Å². The van der Waals surface area contributed by atoms with Crippen LogP contribution in [0.15, 0.2) is 17.2 Å². The van der Waals surface area contributed by atoms with Gasteiger partial charge in [0.2, 0.25) is 0 Å². The minimum absolute atomic E-state index is 0.0909. The third-order valence-electron chi connectivity index (χ3n) is 1.54. The fraction of sp³-hybridized carbons (Fsp3) is 0.286. The van der Waals surface area contributed by atoms with E-state index >= 15 is 0 Å². The van der Waals surface area contributed by atoms with Crippen molar-refractivity contribution >= 4 is 11.1 Å². The maximum absolute atomic E-state index is 12.1. The van der Waals surface area contributed by atoms with Gasteiger partial charge in [0.05, 0.1) is 4.90 Å². The zero-order valence-corrected chi connectivity index (χ0v) is 7.82. The van der Waals surface area contributed by atoms with Gasteiger partial charge >= 0.3 is 6.18 Å². The molecule has 7 heteroatoms. The van der Waals surface area contributed by atoms with Gasteiger partial charge in [-0.15, -0.1) is 0 Å². The Morgan fingerprint density at radius 1 is 1.50 bits per heavy atom. The first-order valence-electron chi connectivity index (χ1n) is 3.47. The maximum Gasteiger partial charge on any atom is 0.433 e. The molecule has 0 spiro atoms. The SMILES string of the molecule is Cc1cc(C(F)(F)F)ncc1S(=O)O. The molecule has 3 nitrogen and oxygen atoms in total. The normalized spacial score (nSPS) is 14.1. The number of hydrogen-bond acceptors (Lipinski definition) is 2. The van der Waals surface area contributed by atoms with Crippen LogP contribution < -0.4 is 0 Å². The number of pyridine rings is 1. The van der Waals surface area contributed by atoms with Gasteiger partial charge < -0.3 is 4.55 Å². The summed E-state index contributed by atoms with van der Waals surface area (Å²) >= 11 is -2.31. The summed E-state index contributed by atoms with van der Waals surface area (Å²) in [6, 6.07) is 0.740. The molecule has 78 valence electrons. The molecule has 0 bridgehead atoms. The number of halogens is 3. The van der Waals surface area contributed by atoms with Crippen LogP contribution in [0.2, 0.25) is 0 Å². The molecule has 0 fully saturated rings. The fourth-order valence-corrected chi connectivity index (χ4v) is 1.36. The molecule has 1 N–H and O–H groups in total. The number of aromatic nitrogens is 1. The summed E-state index contributed by atoms with van der Waals surface area (Å²) in [6.07, 6.45) is -3.77. The maximum atomic E-state index is 12.1. The first-order chi connectivity index (χ1) is 6.32. The molecule has 0 radical (unpaired) electrons. The summed E-state index contributed by atoms with van der Waals surface area (Å²) in [4.78, 5) is 2.94. The van der Waals surface area contributed by atoms with Crippen molar-refractivity contribution in [2.45, 2.75) is 18.0 Å². The zero-order valence-electron chi connectivity index (χ0n) is 7.00. The van der Waals surface area contributed by atoms with E-state index in [0.717, 1.165) is 12.3 Å². The largest absolute Gasteiger partial charge is 0.433 e. The number of alkyl halides is 3. The van der Waals surface area contributed by atoms with E-state index in [4.69, 9.17) is 4.55 Å². The van der Waals surface area contributed by atoms with Crippen molar-refractivity contribution in [2.75, 3.05) is 0 Å². The fourth-order valence-electron chi connectivity index (χ4n) is 0.881.